The van der Waals surface area contributed by atoms with Gasteiger partial charge in [-0.2, -0.15) is 0 Å². The monoisotopic (exact) mass is 205 g/mol. The Hall–Kier alpha value is -1.81. The summed E-state index contributed by atoms with van der Waals surface area (Å²) >= 11 is 0. The summed E-state index contributed by atoms with van der Waals surface area (Å²) in [5.41, 5.74) is 7.29. The van der Waals surface area contributed by atoms with Gasteiger partial charge in [0.2, 0.25) is 0 Å². The Labute approximate surface area is 85.9 Å². The highest BCUT2D eigenvalue weighted by atomic mass is 16.4. The van der Waals surface area contributed by atoms with Crippen molar-refractivity contribution < 1.29 is 9.52 Å². The molecule has 0 spiro atoms. The summed E-state index contributed by atoms with van der Waals surface area (Å²) < 4.78 is 5.01. The number of aliphatic hydroxyl groups is 1. The number of anilines is 1. The van der Waals surface area contributed by atoms with E-state index in [0.29, 0.717) is 17.7 Å². The van der Waals surface area contributed by atoms with Crippen LogP contribution < -0.4 is 11.4 Å². The van der Waals surface area contributed by atoms with Gasteiger partial charge in [0.05, 0.1) is 0 Å². The molecule has 1 aromatic heterocycles. The highest BCUT2D eigenvalue weighted by molar-refractivity contribution is 5.81. The lowest BCUT2D eigenvalue weighted by atomic mass is 10.1. The Balaban J connectivity index is 2.66. The second kappa shape index (κ2) is 3.74. The summed E-state index contributed by atoms with van der Waals surface area (Å²) in [7, 11) is 0. The van der Waals surface area contributed by atoms with Gasteiger partial charge in [-0.3, -0.25) is 0 Å². The standard InChI is InChI=1S/C11H11NO3/c12-9-5-8-1-2-11(14)15-10(8)6-7(9)3-4-13/h1-2,5-6,13H,3-4,12H2. The number of nitrogen functional groups attached to an aromatic ring is 1. The van der Waals surface area contributed by atoms with Crippen molar-refractivity contribution >= 4 is 16.7 Å². The third kappa shape index (κ3) is 1.85. The molecular formula is C11H11NO3. The third-order valence-electron chi connectivity index (χ3n) is 2.26. The van der Waals surface area contributed by atoms with Crippen molar-refractivity contribution in [1.29, 1.82) is 0 Å². The number of aliphatic hydroxyl groups excluding tert-OH is 1. The Bertz CT molecular complexity index is 545. The van der Waals surface area contributed by atoms with Gasteiger partial charge in [0, 0.05) is 23.7 Å². The topological polar surface area (TPSA) is 76.5 Å². The molecule has 0 radical (unpaired) electrons. The number of benzene rings is 1. The second-order valence-corrected chi connectivity index (χ2v) is 3.32. The lowest BCUT2D eigenvalue weighted by Gasteiger charge is -2.05. The van der Waals surface area contributed by atoms with Crippen LogP contribution in [0.3, 0.4) is 0 Å². The van der Waals surface area contributed by atoms with Crippen LogP contribution in [0.25, 0.3) is 11.0 Å². The molecule has 0 unspecified atom stereocenters. The van der Waals surface area contributed by atoms with E-state index in [9.17, 15) is 4.79 Å². The smallest absolute Gasteiger partial charge is 0.336 e. The maximum atomic E-state index is 11.0. The van der Waals surface area contributed by atoms with Crippen LogP contribution in [0.2, 0.25) is 0 Å². The van der Waals surface area contributed by atoms with Gasteiger partial charge in [0.15, 0.2) is 0 Å². The van der Waals surface area contributed by atoms with Gasteiger partial charge < -0.3 is 15.3 Å². The fourth-order valence-electron chi connectivity index (χ4n) is 1.51. The maximum Gasteiger partial charge on any atom is 0.336 e. The van der Waals surface area contributed by atoms with E-state index in [4.69, 9.17) is 15.3 Å². The first-order valence-corrected chi connectivity index (χ1v) is 4.64. The summed E-state index contributed by atoms with van der Waals surface area (Å²) in [5, 5.41) is 9.61. The van der Waals surface area contributed by atoms with Crippen LogP contribution >= 0.6 is 0 Å². The van der Waals surface area contributed by atoms with Crippen molar-refractivity contribution in [3.05, 3.63) is 40.2 Å². The van der Waals surface area contributed by atoms with Crippen LogP contribution in [-0.2, 0) is 6.42 Å². The van der Waals surface area contributed by atoms with Gasteiger partial charge in [-0.25, -0.2) is 4.79 Å². The fourth-order valence-corrected chi connectivity index (χ4v) is 1.51. The normalized spacial score (nSPS) is 10.7. The molecule has 78 valence electrons. The van der Waals surface area contributed by atoms with Crippen LogP contribution in [0.4, 0.5) is 5.69 Å². The van der Waals surface area contributed by atoms with Gasteiger partial charge in [0.25, 0.3) is 0 Å². The molecule has 1 heterocycles. The number of hydrogen-bond donors (Lipinski definition) is 2. The minimum atomic E-state index is -0.387. The van der Waals surface area contributed by atoms with Crippen molar-refractivity contribution in [2.45, 2.75) is 6.42 Å². The van der Waals surface area contributed by atoms with Gasteiger partial charge in [0.1, 0.15) is 5.58 Å². The molecule has 4 nitrogen and oxygen atoms in total. The number of hydrogen-bond acceptors (Lipinski definition) is 4. The van der Waals surface area contributed by atoms with Crippen LogP contribution in [0.5, 0.6) is 0 Å². The first-order valence-electron chi connectivity index (χ1n) is 4.64. The molecule has 2 rings (SSSR count). The Morgan fingerprint density at radius 1 is 1.33 bits per heavy atom. The van der Waals surface area contributed by atoms with Crippen LogP contribution in [0, 0.1) is 0 Å². The highest BCUT2D eigenvalue weighted by Crippen LogP contribution is 2.20. The third-order valence-corrected chi connectivity index (χ3v) is 2.26. The van der Waals surface area contributed by atoms with Crippen molar-refractivity contribution in [2.24, 2.45) is 0 Å². The summed E-state index contributed by atoms with van der Waals surface area (Å²) in [6.07, 6.45) is 0.459. The predicted octanol–water partition coefficient (Wildman–Crippen LogP) is 0.910. The minimum absolute atomic E-state index is 0.0206. The Kier molecular flexibility index (Phi) is 2.43. The molecule has 0 atom stereocenters. The molecule has 0 fully saturated rings. The zero-order valence-electron chi connectivity index (χ0n) is 8.06. The van der Waals surface area contributed by atoms with Crippen LogP contribution in [-0.4, -0.2) is 11.7 Å². The van der Waals surface area contributed by atoms with E-state index in [1.165, 1.54) is 6.07 Å². The van der Waals surface area contributed by atoms with Gasteiger partial charge in [-0.15, -0.1) is 0 Å². The molecule has 0 bridgehead atoms. The quantitative estimate of drug-likeness (QED) is 0.564. The molecule has 0 saturated heterocycles. The molecule has 0 saturated carbocycles. The molecule has 0 amide bonds. The fraction of sp³-hybridized carbons (Fsp3) is 0.182. The Morgan fingerprint density at radius 3 is 2.87 bits per heavy atom. The Morgan fingerprint density at radius 2 is 2.13 bits per heavy atom. The second-order valence-electron chi connectivity index (χ2n) is 3.32. The lowest BCUT2D eigenvalue weighted by Crippen LogP contribution is -2.00. The zero-order chi connectivity index (χ0) is 10.8. The van der Waals surface area contributed by atoms with Gasteiger partial charge >= 0.3 is 5.63 Å². The van der Waals surface area contributed by atoms with Crippen LogP contribution in [0.15, 0.2) is 33.5 Å². The largest absolute Gasteiger partial charge is 0.423 e. The predicted molar refractivity (Wildman–Crippen MR) is 57.7 cm³/mol. The number of rotatable bonds is 2. The molecule has 0 aliphatic carbocycles. The summed E-state index contributed by atoms with van der Waals surface area (Å²) in [4.78, 5) is 11.0. The summed E-state index contributed by atoms with van der Waals surface area (Å²) in [5.74, 6) is 0. The molecule has 15 heavy (non-hydrogen) atoms. The van der Waals surface area contributed by atoms with E-state index in [-0.39, 0.29) is 12.2 Å². The number of nitrogens with two attached hydrogens (primary N) is 1. The minimum Gasteiger partial charge on any atom is -0.423 e. The van der Waals surface area contributed by atoms with Gasteiger partial charge in [-0.05, 0) is 30.2 Å². The molecule has 0 aliphatic rings. The molecule has 4 heteroatoms. The van der Waals surface area contributed by atoms with E-state index < -0.39 is 0 Å². The van der Waals surface area contributed by atoms with E-state index in [2.05, 4.69) is 0 Å². The summed E-state index contributed by atoms with van der Waals surface area (Å²) in [6.45, 7) is 0.0206. The van der Waals surface area contributed by atoms with Gasteiger partial charge in [-0.1, -0.05) is 0 Å². The molecule has 2 aromatic rings. The van der Waals surface area contributed by atoms with Crippen molar-refractivity contribution in [3.63, 3.8) is 0 Å². The molecule has 1 aromatic carbocycles. The molecule has 0 aliphatic heterocycles. The van der Waals surface area contributed by atoms with Crippen molar-refractivity contribution in [1.82, 2.24) is 0 Å². The average molecular weight is 205 g/mol. The average Bonchev–Trinajstić information content (AvgIpc) is 2.20. The van der Waals surface area contributed by atoms with E-state index in [1.807, 2.05) is 0 Å². The lowest BCUT2D eigenvalue weighted by molar-refractivity contribution is 0.300. The van der Waals surface area contributed by atoms with Crippen LogP contribution in [0.1, 0.15) is 5.56 Å². The first-order chi connectivity index (χ1) is 7.20. The van der Waals surface area contributed by atoms with Crippen molar-refractivity contribution in [3.8, 4) is 0 Å². The van der Waals surface area contributed by atoms with E-state index >= 15 is 0 Å². The summed E-state index contributed by atoms with van der Waals surface area (Å²) in [6, 6.07) is 6.46. The first kappa shape index (κ1) is 9.73. The molecular weight excluding hydrogens is 194 g/mol. The van der Waals surface area contributed by atoms with E-state index in [0.717, 1.165) is 10.9 Å². The SMILES string of the molecule is Nc1cc2ccc(=O)oc2cc1CCO. The zero-order valence-corrected chi connectivity index (χ0v) is 8.06. The number of fused-ring (bicyclic) bond motifs is 1. The highest BCUT2D eigenvalue weighted by Gasteiger charge is 2.03. The van der Waals surface area contributed by atoms with Crippen molar-refractivity contribution in [2.75, 3.05) is 12.3 Å². The molecule has 3 N–H and O–H groups in total. The maximum absolute atomic E-state index is 11.0. The van der Waals surface area contributed by atoms with E-state index in [1.54, 1.807) is 18.2 Å².